The maximum Gasteiger partial charge on any atom is 0.217 e. The van der Waals surface area contributed by atoms with Crippen molar-refractivity contribution < 1.29 is 13.6 Å². The van der Waals surface area contributed by atoms with Crippen molar-refractivity contribution in [3.8, 4) is 0 Å². The van der Waals surface area contributed by atoms with Gasteiger partial charge in [0.2, 0.25) is 5.91 Å². The number of amides is 1. The van der Waals surface area contributed by atoms with Crippen LogP contribution in [-0.4, -0.2) is 34.2 Å². The van der Waals surface area contributed by atoms with E-state index in [-0.39, 0.29) is 23.2 Å². The van der Waals surface area contributed by atoms with Gasteiger partial charge in [-0.1, -0.05) is 25.6 Å². The smallest absolute Gasteiger partial charge is 0.217 e. The zero-order chi connectivity index (χ0) is 21.0. The molecule has 154 valence electrons. The van der Waals surface area contributed by atoms with Crippen LogP contribution in [0.25, 0.3) is 0 Å². The van der Waals surface area contributed by atoms with Crippen LogP contribution in [0.3, 0.4) is 0 Å². The SMILES string of the molecule is CC(=O)NC(Cc1ccncc1)C1(C(C)C)NC=NC1Sc1cc(F)cc(F)c1. The fourth-order valence-electron chi connectivity index (χ4n) is 3.73. The first-order valence-electron chi connectivity index (χ1n) is 9.39. The summed E-state index contributed by atoms with van der Waals surface area (Å²) < 4.78 is 27.4. The molecule has 0 saturated heterocycles. The van der Waals surface area contributed by atoms with Crippen LogP contribution in [0.15, 0.2) is 52.6 Å². The third-order valence-electron chi connectivity index (χ3n) is 5.12. The molecule has 0 radical (unpaired) electrons. The topological polar surface area (TPSA) is 66.4 Å². The summed E-state index contributed by atoms with van der Waals surface area (Å²) in [6, 6.07) is 6.94. The molecule has 2 aromatic rings. The van der Waals surface area contributed by atoms with Gasteiger partial charge in [-0.2, -0.15) is 0 Å². The molecule has 2 heterocycles. The molecule has 0 spiro atoms. The minimum Gasteiger partial charge on any atom is -0.366 e. The second kappa shape index (κ2) is 8.90. The third-order valence-corrected chi connectivity index (χ3v) is 6.36. The quantitative estimate of drug-likeness (QED) is 0.722. The zero-order valence-corrected chi connectivity index (χ0v) is 17.3. The fraction of sp³-hybridized carbons (Fsp3) is 0.381. The molecule has 8 heteroatoms. The fourth-order valence-corrected chi connectivity index (χ4v) is 5.17. The first-order valence-corrected chi connectivity index (χ1v) is 10.3. The number of hydrogen-bond acceptors (Lipinski definition) is 5. The van der Waals surface area contributed by atoms with E-state index < -0.39 is 17.2 Å². The maximum atomic E-state index is 13.7. The number of pyridine rings is 1. The van der Waals surface area contributed by atoms with Crippen molar-refractivity contribution in [3.63, 3.8) is 0 Å². The molecule has 3 unspecified atom stereocenters. The molecule has 1 amide bonds. The Morgan fingerprint density at radius 2 is 1.90 bits per heavy atom. The van der Waals surface area contributed by atoms with Gasteiger partial charge in [-0.15, -0.1) is 0 Å². The monoisotopic (exact) mass is 418 g/mol. The summed E-state index contributed by atoms with van der Waals surface area (Å²) in [6.07, 6.45) is 5.60. The molecule has 1 aliphatic rings. The predicted octanol–water partition coefficient (Wildman–Crippen LogP) is 3.55. The number of hydrogen-bond donors (Lipinski definition) is 2. The van der Waals surface area contributed by atoms with Crippen LogP contribution in [0.5, 0.6) is 0 Å². The standard InChI is InChI=1S/C21H24F2N4OS/c1-13(2)21(19(27-14(3)28)8-15-4-6-24-7-5-15)20(25-12-26-21)29-18-10-16(22)9-17(23)11-18/h4-7,9-13,19-20H,8H2,1-3H3,(H,25,26)(H,27,28). The zero-order valence-electron chi connectivity index (χ0n) is 16.5. The molecule has 0 aliphatic carbocycles. The number of carbonyl (C=O) groups excluding carboxylic acids is 1. The maximum absolute atomic E-state index is 13.7. The van der Waals surface area contributed by atoms with Crippen LogP contribution in [0.1, 0.15) is 26.3 Å². The van der Waals surface area contributed by atoms with Crippen molar-refractivity contribution in [1.82, 2.24) is 15.6 Å². The Hall–Kier alpha value is -2.48. The largest absolute Gasteiger partial charge is 0.366 e. The molecule has 1 aromatic carbocycles. The Bertz CT molecular complexity index is 873. The van der Waals surface area contributed by atoms with E-state index in [0.717, 1.165) is 11.6 Å². The van der Waals surface area contributed by atoms with Crippen LogP contribution in [0.2, 0.25) is 0 Å². The molecule has 29 heavy (non-hydrogen) atoms. The lowest BCUT2D eigenvalue weighted by Gasteiger charge is -2.44. The summed E-state index contributed by atoms with van der Waals surface area (Å²) in [6.45, 7) is 5.57. The summed E-state index contributed by atoms with van der Waals surface area (Å²) >= 11 is 1.28. The van der Waals surface area contributed by atoms with Gasteiger partial charge in [-0.05, 0) is 42.2 Å². The van der Waals surface area contributed by atoms with Gasteiger partial charge in [-0.25, -0.2) is 8.78 Å². The van der Waals surface area contributed by atoms with Crippen molar-refractivity contribution in [2.45, 2.75) is 49.0 Å². The van der Waals surface area contributed by atoms with Crippen molar-refractivity contribution in [2.75, 3.05) is 0 Å². The van der Waals surface area contributed by atoms with Crippen molar-refractivity contribution >= 4 is 24.0 Å². The first-order chi connectivity index (χ1) is 13.8. The molecule has 1 aliphatic heterocycles. The normalized spacial score (nSPS) is 21.8. The summed E-state index contributed by atoms with van der Waals surface area (Å²) in [5, 5.41) is 6.05. The Morgan fingerprint density at radius 3 is 2.48 bits per heavy atom. The number of rotatable bonds is 7. The van der Waals surface area contributed by atoms with E-state index in [1.54, 1.807) is 18.7 Å². The minimum absolute atomic E-state index is 0.0552. The number of thioether (sulfide) groups is 1. The van der Waals surface area contributed by atoms with E-state index in [4.69, 9.17) is 0 Å². The molecule has 3 atom stereocenters. The highest BCUT2D eigenvalue weighted by Crippen LogP contribution is 2.41. The number of carbonyl (C=O) groups is 1. The number of halogens is 2. The van der Waals surface area contributed by atoms with E-state index in [2.05, 4.69) is 20.6 Å². The highest BCUT2D eigenvalue weighted by molar-refractivity contribution is 8.00. The summed E-state index contributed by atoms with van der Waals surface area (Å²) in [5.41, 5.74) is 0.371. The minimum atomic E-state index is -0.650. The number of benzene rings is 1. The van der Waals surface area contributed by atoms with E-state index in [0.29, 0.717) is 11.3 Å². The van der Waals surface area contributed by atoms with Gasteiger partial charge in [0, 0.05) is 30.3 Å². The third kappa shape index (κ3) is 4.75. The van der Waals surface area contributed by atoms with Crippen molar-refractivity contribution in [1.29, 1.82) is 0 Å². The van der Waals surface area contributed by atoms with Crippen molar-refractivity contribution in [2.24, 2.45) is 10.9 Å². The summed E-state index contributed by atoms with van der Waals surface area (Å²) in [7, 11) is 0. The summed E-state index contributed by atoms with van der Waals surface area (Å²) in [5.74, 6) is -1.36. The van der Waals surface area contributed by atoms with Crippen LogP contribution in [0.4, 0.5) is 8.78 Å². The number of nitrogens with zero attached hydrogens (tertiary/aromatic N) is 2. The molecule has 0 bridgehead atoms. The lowest BCUT2D eigenvalue weighted by molar-refractivity contribution is -0.120. The van der Waals surface area contributed by atoms with Gasteiger partial charge in [-0.3, -0.25) is 14.8 Å². The molecule has 0 saturated carbocycles. The molecule has 1 aromatic heterocycles. The van der Waals surface area contributed by atoms with Crippen LogP contribution >= 0.6 is 11.8 Å². The number of nitrogens with one attached hydrogen (secondary N) is 2. The predicted molar refractivity (Wildman–Crippen MR) is 111 cm³/mol. The van der Waals surface area contributed by atoms with Gasteiger partial charge < -0.3 is 10.6 Å². The molecule has 0 fully saturated rings. The molecule has 5 nitrogen and oxygen atoms in total. The van der Waals surface area contributed by atoms with E-state index in [9.17, 15) is 13.6 Å². The van der Waals surface area contributed by atoms with E-state index in [1.807, 2.05) is 26.0 Å². The van der Waals surface area contributed by atoms with Gasteiger partial charge in [0.05, 0.1) is 17.9 Å². The second-order valence-electron chi connectivity index (χ2n) is 7.40. The molecular weight excluding hydrogens is 394 g/mol. The van der Waals surface area contributed by atoms with Crippen LogP contribution in [-0.2, 0) is 11.2 Å². The molecular formula is C21H24F2N4OS. The lowest BCUT2D eigenvalue weighted by atomic mass is 9.77. The number of aromatic nitrogens is 1. The van der Waals surface area contributed by atoms with Gasteiger partial charge in [0.25, 0.3) is 0 Å². The van der Waals surface area contributed by atoms with Gasteiger partial charge in [0.15, 0.2) is 0 Å². The van der Waals surface area contributed by atoms with E-state index in [1.165, 1.54) is 30.8 Å². The van der Waals surface area contributed by atoms with E-state index >= 15 is 0 Å². The summed E-state index contributed by atoms with van der Waals surface area (Å²) in [4.78, 5) is 21.1. The van der Waals surface area contributed by atoms with Crippen molar-refractivity contribution in [3.05, 3.63) is 59.9 Å². The Morgan fingerprint density at radius 1 is 1.24 bits per heavy atom. The average molecular weight is 419 g/mol. The highest BCUT2D eigenvalue weighted by atomic mass is 32.2. The highest BCUT2D eigenvalue weighted by Gasteiger charge is 2.51. The van der Waals surface area contributed by atoms with Gasteiger partial charge >= 0.3 is 0 Å². The molecule has 3 rings (SSSR count). The molecule has 2 N–H and O–H groups in total. The first kappa shape index (κ1) is 21.2. The Balaban J connectivity index is 1.96. The number of aliphatic imine (C=N–C) groups is 1. The average Bonchev–Trinajstić information content (AvgIpc) is 3.05. The van der Waals surface area contributed by atoms with Crippen LogP contribution < -0.4 is 10.6 Å². The van der Waals surface area contributed by atoms with Crippen LogP contribution in [0, 0.1) is 17.6 Å². The second-order valence-corrected chi connectivity index (χ2v) is 8.55. The Kier molecular flexibility index (Phi) is 6.52. The Labute approximate surface area is 173 Å². The van der Waals surface area contributed by atoms with Gasteiger partial charge in [0.1, 0.15) is 17.0 Å². The lowest BCUT2D eigenvalue weighted by Crippen LogP contribution is -2.66.